The van der Waals surface area contributed by atoms with E-state index >= 15 is 0 Å². The van der Waals surface area contributed by atoms with E-state index in [2.05, 4.69) is 12.2 Å². The minimum absolute atomic E-state index is 0.299. The number of ketones is 1. The minimum atomic E-state index is -0.369. The molecular weight excluding hydrogens is 314 g/mol. The molecule has 1 N–H and O–H groups in total. The van der Waals surface area contributed by atoms with Crippen molar-refractivity contribution in [3.8, 4) is 0 Å². The fraction of sp³-hybridized carbons (Fsp3) is 0.619. The molecule has 0 saturated heterocycles. The topological polar surface area (TPSA) is 55.4 Å². The number of hydrogen-bond donors (Lipinski definition) is 1. The Hall–Kier alpha value is -1.84. The smallest absolute Gasteiger partial charge is 0.407 e. The van der Waals surface area contributed by atoms with Crippen LogP contribution in [0.4, 0.5) is 4.79 Å². The molecule has 0 aromatic heterocycles. The molecule has 4 nitrogen and oxygen atoms in total. The van der Waals surface area contributed by atoms with Gasteiger partial charge in [0.2, 0.25) is 0 Å². The minimum Gasteiger partial charge on any atom is -0.445 e. The molecule has 0 atom stereocenters. The zero-order valence-electron chi connectivity index (χ0n) is 15.6. The van der Waals surface area contributed by atoms with Gasteiger partial charge in [0.05, 0.1) is 0 Å². The Morgan fingerprint density at radius 3 is 2.20 bits per heavy atom. The van der Waals surface area contributed by atoms with Crippen LogP contribution in [-0.4, -0.2) is 18.4 Å². The van der Waals surface area contributed by atoms with Crippen LogP contribution in [0.3, 0.4) is 0 Å². The Balaban J connectivity index is 1.89. The van der Waals surface area contributed by atoms with E-state index in [1.807, 2.05) is 30.3 Å². The molecule has 25 heavy (non-hydrogen) atoms. The van der Waals surface area contributed by atoms with E-state index in [-0.39, 0.29) is 6.09 Å². The number of benzene rings is 1. The Morgan fingerprint density at radius 1 is 0.880 bits per heavy atom. The number of amides is 1. The molecule has 1 amide bonds. The standard InChI is InChI=1S/C21H33NO3/c1-2-3-4-10-15-20(23)16-11-5-6-12-17-22-21(24)25-18-19-13-8-7-9-14-19/h7-9,13-14H,2-6,10-12,15-18H2,1H3,(H,22,24). The molecular formula is C21H33NO3. The van der Waals surface area contributed by atoms with Crippen molar-refractivity contribution in [2.75, 3.05) is 6.54 Å². The van der Waals surface area contributed by atoms with E-state index in [0.29, 0.717) is 25.4 Å². The molecule has 1 aromatic rings. The van der Waals surface area contributed by atoms with Crippen LogP contribution in [-0.2, 0) is 16.1 Å². The van der Waals surface area contributed by atoms with Crippen molar-refractivity contribution in [1.82, 2.24) is 5.32 Å². The lowest BCUT2D eigenvalue weighted by atomic mass is 10.0. The predicted octanol–water partition coefficient (Wildman–Crippen LogP) is 5.40. The molecule has 140 valence electrons. The number of unbranched alkanes of at least 4 members (excludes halogenated alkanes) is 6. The highest BCUT2D eigenvalue weighted by molar-refractivity contribution is 5.78. The van der Waals surface area contributed by atoms with Gasteiger partial charge in [-0.15, -0.1) is 0 Å². The highest BCUT2D eigenvalue weighted by Gasteiger charge is 2.03. The number of hydrogen-bond acceptors (Lipinski definition) is 3. The van der Waals surface area contributed by atoms with Crippen molar-refractivity contribution >= 4 is 11.9 Å². The lowest BCUT2D eigenvalue weighted by Gasteiger charge is -2.07. The van der Waals surface area contributed by atoms with Crippen molar-refractivity contribution in [1.29, 1.82) is 0 Å². The third-order valence-corrected chi connectivity index (χ3v) is 4.17. The van der Waals surface area contributed by atoms with Gasteiger partial charge in [-0.25, -0.2) is 4.79 Å². The Labute approximate surface area is 152 Å². The van der Waals surface area contributed by atoms with E-state index in [4.69, 9.17) is 4.74 Å². The van der Waals surface area contributed by atoms with Gasteiger partial charge in [-0.3, -0.25) is 4.79 Å². The number of alkyl carbamates (subject to hydrolysis) is 1. The van der Waals surface area contributed by atoms with Gasteiger partial charge >= 0.3 is 6.09 Å². The summed E-state index contributed by atoms with van der Waals surface area (Å²) in [5.41, 5.74) is 0.983. The molecule has 4 heteroatoms. The van der Waals surface area contributed by atoms with Crippen LogP contribution >= 0.6 is 0 Å². The maximum atomic E-state index is 11.7. The first-order valence-electron chi connectivity index (χ1n) is 9.68. The second-order valence-corrected chi connectivity index (χ2v) is 6.50. The Kier molecular flexibility index (Phi) is 12.3. The summed E-state index contributed by atoms with van der Waals surface area (Å²) in [5.74, 6) is 0.402. The van der Waals surface area contributed by atoms with Crippen molar-refractivity contribution in [2.45, 2.75) is 77.7 Å². The molecule has 0 bridgehead atoms. The number of carbonyl (C=O) groups is 2. The maximum absolute atomic E-state index is 11.7. The van der Waals surface area contributed by atoms with Gasteiger partial charge in [-0.05, 0) is 24.8 Å². The third kappa shape index (κ3) is 12.2. The first-order valence-corrected chi connectivity index (χ1v) is 9.68. The summed E-state index contributed by atoms with van der Waals surface area (Å²) in [6, 6.07) is 9.64. The largest absolute Gasteiger partial charge is 0.445 e. The monoisotopic (exact) mass is 347 g/mol. The van der Waals surface area contributed by atoms with Crippen LogP contribution in [0.1, 0.15) is 76.7 Å². The Bertz CT molecular complexity index is 473. The number of nitrogens with one attached hydrogen (secondary N) is 1. The lowest BCUT2D eigenvalue weighted by molar-refractivity contribution is -0.119. The summed E-state index contributed by atoms with van der Waals surface area (Å²) in [6.07, 6.45) is 9.70. The normalized spacial score (nSPS) is 10.4. The highest BCUT2D eigenvalue weighted by Crippen LogP contribution is 2.08. The summed E-state index contributed by atoms with van der Waals surface area (Å²) in [7, 11) is 0. The summed E-state index contributed by atoms with van der Waals surface area (Å²) < 4.78 is 5.15. The molecule has 1 rings (SSSR count). The van der Waals surface area contributed by atoms with Crippen LogP contribution in [0.2, 0.25) is 0 Å². The van der Waals surface area contributed by atoms with E-state index in [9.17, 15) is 9.59 Å². The number of carbonyl (C=O) groups excluding carboxylic acids is 2. The predicted molar refractivity (Wildman–Crippen MR) is 101 cm³/mol. The van der Waals surface area contributed by atoms with Gasteiger partial charge < -0.3 is 10.1 Å². The second-order valence-electron chi connectivity index (χ2n) is 6.50. The number of rotatable bonds is 14. The fourth-order valence-corrected chi connectivity index (χ4v) is 2.64. The molecule has 0 saturated carbocycles. The summed E-state index contributed by atoms with van der Waals surface area (Å²) in [5, 5.41) is 2.76. The van der Waals surface area contributed by atoms with Crippen molar-refractivity contribution in [3.05, 3.63) is 35.9 Å². The molecule has 0 aliphatic carbocycles. The zero-order chi connectivity index (χ0) is 18.2. The molecule has 0 spiro atoms. The average molecular weight is 347 g/mol. The van der Waals surface area contributed by atoms with Crippen LogP contribution in [0, 0.1) is 0 Å². The molecule has 0 heterocycles. The molecule has 0 aliphatic rings. The van der Waals surface area contributed by atoms with Crippen LogP contribution in [0.5, 0.6) is 0 Å². The molecule has 0 fully saturated rings. The van der Waals surface area contributed by atoms with Gasteiger partial charge in [-0.1, -0.05) is 69.4 Å². The first kappa shape index (κ1) is 21.2. The van der Waals surface area contributed by atoms with E-state index in [1.54, 1.807) is 0 Å². The van der Waals surface area contributed by atoms with Gasteiger partial charge in [-0.2, -0.15) is 0 Å². The van der Waals surface area contributed by atoms with Crippen molar-refractivity contribution < 1.29 is 14.3 Å². The van der Waals surface area contributed by atoms with E-state index in [0.717, 1.165) is 44.1 Å². The van der Waals surface area contributed by atoms with Gasteiger partial charge in [0.25, 0.3) is 0 Å². The van der Waals surface area contributed by atoms with Gasteiger partial charge in [0.1, 0.15) is 12.4 Å². The molecule has 0 radical (unpaired) electrons. The lowest BCUT2D eigenvalue weighted by Crippen LogP contribution is -2.25. The summed E-state index contributed by atoms with van der Waals surface area (Å²) >= 11 is 0. The van der Waals surface area contributed by atoms with E-state index < -0.39 is 0 Å². The second kappa shape index (κ2) is 14.5. The van der Waals surface area contributed by atoms with Gasteiger partial charge in [0, 0.05) is 19.4 Å². The number of ether oxygens (including phenoxy) is 1. The van der Waals surface area contributed by atoms with Gasteiger partial charge in [0.15, 0.2) is 0 Å². The SMILES string of the molecule is CCCCCCC(=O)CCCCCCNC(=O)OCc1ccccc1. The van der Waals surface area contributed by atoms with Crippen molar-refractivity contribution in [2.24, 2.45) is 0 Å². The summed E-state index contributed by atoms with van der Waals surface area (Å²) in [4.78, 5) is 23.3. The molecule has 0 aliphatic heterocycles. The summed E-state index contributed by atoms with van der Waals surface area (Å²) in [6.45, 7) is 3.10. The van der Waals surface area contributed by atoms with Crippen LogP contribution < -0.4 is 5.32 Å². The number of Topliss-reactive ketones (excluding diaryl/α,β-unsaturated/α-hetero) is 1. The molecule has 0 unspecified atom stereocenters. The highest BCUT2D eigenvalue weighted by atomic mass is 16.5. The Morgan fingerprint density at radius 2 is 1.52 bits per heavy atom. The van der Waals surface area contributed by atoms with Crippen molar-refractivity contribution in [3.63, 3.8) is 0 Å². The maximum Gasteiger partial charge on any atom is 0.407 e. The zero-order valence-corrected chi connectivity index (χ0v) is 15.6. The third-order valence-electron chi connectivity index (χ3n) is 4.17. The van der Waals surface area contributed by atoms with E-state index in [1.165, 1.54) is 19.3 Å². The van der Waals surface area contributed by atoms with Crippen LogP contribution in [0.25, 0.3) is 0 Å². The molecule has 1 aromatic carbocycles. The average Bonchev–Trinajstić information content (AvgIpc) is 2.63. The quantitative estimate of drug-likeness (QED) is 0.458. The van der Waals surface area contributed by atoms with Crippen LogP contribution in [0.15, 0.2) is 30.3 Å². The first-order chi connectivity index (χ1) is 12.2. The fourth-order valence-electron chi connectivity index (χ4n) is 2.64.